The Hall–Kier alpha value is -1.57. The molecule has 1 heterocycles. The van der Waals surface area contributed by atoms with Gasteiger partial charge >= 0.3 is 0 Å². The molecule has 2 nitrogen and oxygen atoms in total. The minimum Gasteiger partial charge on any atom is -0.384 e. The number of benzene rings is 1. The molecular formula is C20H30N2. The lowest BCUT2D eigenvalue weighted by molar-refractivity contribution is 0.581. The summed E-state index contributed by atoms with van der Waals surface area (Å²) < 4.78 is 0. The van der Waals surface area contributed by atoms with Gasteiger partial charge in [0.2, 0.25) is 0 Å². The second-order valence-corrected chi connectivity index (χ2v) is 6.28. The van der Waals surface area contributed by atoms with Gasteiger partial charge in [0.15, 0.2) is 0 Å². The molecule has 0 bridgehead atoms. The van der Waals surface area contributed by atoms with Crippen molar-refractivity contribution in [3.63, 3.8) is 0 Å². The SMILES string of the molecule is CCCCCCCCCCNc1ccnc2ccc(C)cc12. The molecule has 0 fully saturated rings. The van der Waals surface area contributed by atoms with Gasteiger partial charge in [-0.25, -0.2) is 0 Å². The third-order valence-electron chi connectivity index (χ3n) is 4.24. The lowest BCUT2D eigenvalue weighted by Crippen LogP contribution is -2.02. The van der Waals surface area contributed by atoms with Crippen molar-refractivity contribution in [2.45, 2.75) is 65.2 Å². The number of fused-ring (bicyclic) bond motifs is 1. The van der Waals surface area contributed by atoms with Crippen molar-refractivity contribution in [1.29, 1.82) is 0 Å². The van der Waals surface area contributed by atoms with Crippen LogP contribution < -0.4 is 5.32 Å². The smallest absolute Gasteiger partial charge is 0.0722 e. The molecule has 2 heteroatoms. The summed E-state index contributed by atoms with van der Waals surface area (Å²) in [5, 5.41) is 4.82. The van der Waals surface area contributed by atoms with E-state index < -0.39 is 0 Å². The first-order valence-electron chi connectivity index (χ1n) is 8.90. The lowest BCUT2D eigenvalue weighted by Gasteiger charge is -2.10. The Labute approximate surface area is 135 Å². The molecule has 0 saturated carbocycles. The fourth-order valence-electron chi connectivity index (χ4n) is 2.90. The molecular weight excluding hydrogens is 268 g/mol. The van der Waals surface area contributed by atoms with Gasteiger partial charge in [0.1, 0.15) is 0 Å². The van der Waals surface area contributed by atoms with Gasteiger partial charge in [-0.2, -0.15) is 0 Å². The Morgan fingerprint density at radius 3 is 2.41 bits per heavy atom. The average Bonchev–Trinajstić information content (AvgIpc) is 2.53. The summed E-state index contributed by atoms with van der Waals surface area (Å²) in [6.07, 6.45) is 12.8. The Morgan fingerprint density at radius 2 is 1.64 bits per heavy atom. The Balaban J connectivity index is 1.70. The fourth-order valence-corrected chi connectivity index (χ4v) is 2.90. The summed E-state index contributed by atoms with van der Waals surface area (Å²) in [5.41, 5.74) is 3.58. The monoisotopic (exact) mass is 298 g/mol. The van der Waals surface area contributed by atoms with Crippen LogP contribution in [-0.2, 0) is 0 Å². The highest BCUT2D eigenvalue weighted by molar-refractivity contribution is 5.91. The van der Waals surface area contributed by atoms with Gasteiger partial charge in [0.25, 0.3) is 0 Å². The second-order valence-electron chi connectivity index (χ2n) is 6.28. The molecule has 0 aliphatic heterocycles. The minimum absolute atomic E-state index is 1.06. The van der Waals surface area contributed by atoms with Crippen molar-refractivity contribution >= 4 is 16.6 Å². The Kier molecular flexibility index (Phi) is 7.21. The van der Waals surface area contributed by atoms with Gasteiger partial charge < -0.3 is 5.32 Å². The minimum atomic E-state index is 1.06. The van der Waals surface area contributed by atoms with Crippen molar-refractivity contribution < 1.29 is 0 Å². The molecule has 0 atom stereocenters. The zero-order valence-electron chi connectivity index (χ0n) is 14.2. The van der Waals surface area contributed by atoms with Crippen LogP contribution in [0.15, 0.2) is 30.5 Å². The number of aryl methyl sites for hydroxylation is 1. The van der Waals surface area contributed by atoms with Crippen LogP contribution in [0.4, 0.5) is 5.69 Å². The number of hydrogen-bond donors (Lipinski definition) is 1. The van der Waals surface area contributed by atoms with Crippen LogP contribution in [-0.4, -0.2) is 11.5 Å². The van der Waals surface area contributed by atoms with Gasteiger partial charge in [-0.05, 0) is 31.5 Å². The zero-order valence-corrected chi connectivity index (χ0v) is 14.2. The largest absolute Gasteiger partial charge is 0.384 e. The summed E-state index contributed by atoms with van der Waals surface area (Å²) in [6, 6.07) is 8.54. The predicted octanol–water partition coefficient (Wildman–Crippen LogP) is 6.10. The molecule has 2 rings (SSSR count). The number of aromatic nitrogens is 1. The molecule has 0 unspecified atom stereocenters. The van der Waals surface area contributed by atoms with Crippen molar-refractivity contribution in [1.82, 2.24) is 4.98 Å². The van der Waals surface area contributed by atoms with Crippen molar-refractivity contribution in [3.05, 3.63) is 36.0 Å². The molecule has 120 valence electrons. The standard InChI is InChI=1S/C20H30N2/c1-3-4-5-6-7-8-9-10-14-21-20-13-15-22-19-12-11-17(2)16-18(19)20/h11-13,15-16H,3-10,14H2,1-2H3,(H,21,22). The molecule has 0 saturated heterocycles. The first-order valence-corrected chi connectivity index (χ1v) is 8.90. The summed E-state index contributed by atoms with van der Waals surface area (Å²) in [7, 11) is 0. The van der Waals surface area contributed by atoms with Gasteiger partial charge in [0, 0.05) is 23.8 Å². The highest BCUT2D eigenvalue weighted by Gasteiger charge is 2.01. The van der Waals surface area contributed by atoms with Gasteiger partial charge in [-0.1, -0.05) is 63.5 Å². The first-order chi connectivity index (χ1) is 10.8. The molecule has 0 spiro atoms. The second kappa shape index (κ2) is 9.45. The molecule has 2 aromatic rings. The van der Waals surface area contributed by atoms with Crippen LogP contribution in [0.2, 0.25) is 0 Å². The Morgan fingerprint density at radius 1 is 0.909 bits per heavy atom. The maximum atomic E-state index is 4.44. The number of rotatable bonds is 10. The van der Waals surface area contributed by atoms with E-state index in [1.165, 1.54) is 68.0 Å². The van der Waals surface area contributed by atoms with Crippen molar-refractivity contribution in [2.24, 2.45) is 0 Å². The number of unbranched alkanes of at least 4 members (excludes halogenated alkanes) is 7. The number of nitrogens with zero attached hydrogens (tertiary/aromatic N) is 1. The summed E-state index contributed by atoms with van der Waals surface area (Å²) in [5.74, 6) is 0. The molecule has 0 aliphatic carbocycles. The van der Waals surface area contributed by atoms with Gasteiger partial charge in [-0.15, -0.1) is 0 Å². The molecule has 0 amide bonds. The molecule has 0 radical (unpaired) electrons. The van der Waals surface area contributed by atoms with E-state index in [9.17, 15) is 0 Å². The van der Waals surface area contributed by atoms with Crippen LogP contribution in [0.5, 0.6) is 0 Å². The Bertz CT molecular complexity index is 563. The molecule has 1 N–H and O–H groups in total. The fraction of sp³-hybridized carbons (Fsp3) is 0.550. The van der Waals surface area contributed by atoms with E-state index >= 15 is 0 Å². The van der Waals surface area contributed by atoms with Crippen LogP contribution in [0, 0.1) is 6.92 Å². The maximum absolute atomic E-state index is 4.44. The molecule has 1 aromatic heterocycles. The summed E-state index contributed by atoms with van der Waals surface area (Å²) in [4.78, 5) is 4.44. The molecule has 1 aromatic carbocycles. The first kappa shape index (κ1) is 16.8. The molecule has 22 heavy (non-hydrogen) atoms. The quantitative estimate of drug-likeness (QED) is 0.536. The van der Waals surface area contributed by atoms with Crippen molar-refractivity contribution in [2.75, 3.05) is 11.9 Å². The van der Waals surface area contributed by atoms with Crippen LogP contribution in [0.25, 0.3) is 10.9 Å². The van der Waals surface area contributed by atoms with Gasteiger partial charge in [0.05, 0.1) is 5.52 Å². The number of anilines is 1. The normalized spacial score (nSPS) is 11.0. The molecule has 0 aliphatic rings. The highest BCUT2D eigenvalue weighted by atomic mass is 14.9. The average molecular weight is 298 g/mol. The number of hydrogen-bond acceptors (Lipinski definition) is 2. The van der Waals surface area contributed by atoms with E-state index in [1.54, 1.807) is 0 Å². The van der Waals surface area contributed by atoms with Crippen LogP contribution >= 0.6 is 0 Å². The van der Waals surface area contributed by atoms with E-state index in [0.717, 1.165) is 12.1 Å². The topological polar surface area (TPSA) is 24.9 Å². The van der Waals surface area contributed by atoms with Gasteiger partial charge in [-0.3, -0.25) is 4.98 Å². The van der Waals surface area contributed by atoms with E-state index in [1.807, 2.05) is 6.20 Å². The van der Waals surface area contributed by atoms with Crippen LogP contribution in [0.1, 0.15) is 63.9 Å². The zero-order chi connectivity index (χ0) is 15.6. The summed E-state index contributed by atoms with van der Waals surface area (Å²) in [6.45, 7) is 5.47. The lowest BCUT2D eigenvalue weighted by atomic mass is 10.1. The third kappa shape index (κ3) is 5.32. The third-order valence-corrected chi connectivity index (χ3v) is 4.24. The van der Waals surface area contributed by atoms with Crippen LogP contribution in [0.3, 0.4) is 0 Å². The summed E-state index contributed by atoms with van der Waals surface area (Å²) >= 11 is 0. The van der Waals surface area contributed by atoms with E-state index in [4.69, 9.17) is 0 Å². The maximum Gasteiger partial charge on any atom is 0.0722 e. The number of pyridine rings is 1. The predicted molar refractivity (Wildman–Crippen MR) is 97.6 cm³/mol. The van der Waals surface area contributed by atoms with Crippen molar-refractivity contribution in [3.8, 4) is 0 Å². The van der Waals surface area contributed by atoms with E-state index in [2.05, 4.69) is 48.4 Å². The number of nitrogens with one attached hydrogen (secondary N) is 1. The highest BCUT2D eigenvalue weighted by Crippen LogP contribution is 2.22. The van der Waals surface area contributed by atoms with E-state index in [0.29, 0.717) is 0 Å². The van der Waals surface area contributed by atoms with E-state index in [-0.39, 0.29) is 0 Å².